The average Bonchev–Trinajstić information content (AvgIpc) is 2.92. The first kappa shape index (κ1) is 17.0. The van der Waals surface area contributed by atoms with Crippen molar-refractivity contribution < 1.29 is 9.53 Å². The highest BCUT2D eigenvalue weighted by molar-refractivity contribution is 9.10. The lowest BCUT2D eigenvalue weighted by atomic mass is 10.1. The number of nitrogens with one attached hydrogen (secondary N) is 1. The summed E-state index contributed by atoms with van der Waals surface area (Å²) in [7, 11) is 0. The second kappa shape index (κ2) is 8.34. The summed E-state index contributed by atoms with van der Waals surface area (Å²) in [6.45, 7) is 4.61. The van der Waals surface area contributed by atoms with E-state index < -0.39 is 0 Å². The zero-order valence-corrected chi connectivity index (χ0v) is 15.2. The minimum Gasteiger partial charge on any atom is -0.494 e. The van der Waals surface area contributed by atoms with Crippen LogP contribution in [0.5, 0.6) is 5.75 Å². The van der Waals surface area contributed by atoms with Gasteiger partial charge >= 0.3 is 0 Å². The van der Waals surface area contributed by atoms with Crippen LogP contribution in [0.25, 0.3) is 0 Å². The number of aryl methyl sites for hydroxylation is 1. The lowest BCUT2D eigenvalue weighted by molar-refractivity contribution is -0.121. The van der Waals surface area contributed by atoms with Crippen LogP contribution in [0, 0.1) is 0 Å². The number of halogens is 1. The van der Waals surface area contributed by atoms with Crippen molar-refractivity contribution >= 4 is 33.2 Å². The summed E-state index contributed by atoms with van der Waals surface area (Å²) in [4.78, 5) is 13.3. The number of carbonyl (C=O) groups is 1. The Balaban J connectivity index is 1.82. The Labute approximate surface area is 143 Å². The Kier molecular flexibility index (Phi) is 6.46. The van der Waals surface area contributed by atoms with Gasteiger partial charge in [0.15, 0.2) is 0 Å². The van der Waals surface area contributed by atoms with Gasteiger partial charge in [0, 0.05) is 21.2 Å². The standard InChI is InChI=1S/C17H20BrNO2S/c1-3-21-15-6-4-13(5-7-15)12(2)19-17(20)9-8-16-10-14(18)11-22-16/h4-7,10-12H,3,8-9H2,1-2H3,(H,19,20). The molecule has 1 heterocycles. The highest BCUT2D eigenvalue weighted by atomic mass is 79.9. The third-order valence-corrected chi connectivity index (χ3v) is 5.05. The Hall–Kier alpha value is -1.33. The maximum absolute atomic E-state index is 12.0. The molecule has 5 heteroatoms. The van der Waals surface area contributed by atoms with E-state index in [0.29, 0.717) is 13.0 Å². The van der Waals surface area contributed by atoms with Gasteiger partial charge in [0.05, 0.1) is 12.6 Å². The number of amides is 1. The Morgan fingerprint density at radius 1 is 1.36 bits per heavy atom. The fraction of sp³-hybridized carbons (Fsp3) is 0.353. The van der Waals surface area contributed by atoms with Crippen molar-refractivity contribution in [3.05, 3.63) is 50.6 Å². The zero-order valence-electron chi connectivity index (χ0n) is 12.8. The number of hydrogen-bond acceptors (Lipinski definition) is 3. The topological polar surface area (TPSA) is 38.3 Å². The normalized spacial score (nSPS) is 12.0. The van der Waals surface area contributed by atoms with E-state index in [0.717, 1.165) is 22.2 Å². The summed E-state index contributed by atoms with van der Waals surface area (Å²) in [5.41, 5.74) is 1.08. The van der Waals surface area contributed by atoms with E-state index in [2.05, 4.69) is 27.3 Å². The molecule has 1 aromatic carbocycles. The maximum Gasteiger partial charge on any atom is 0.220 e. The number of benzene rings is 1. The van der Waals surface area contributed by atoms with Gasteiger partial charge in [-0.25, -0.2) is 0 Å². The van der Waals surface area contributed by atoms with Crippen LogP contribution in [0.2, 0.25) is 0 Å². The third-order valence-electron chi connectivity index (χ3n) is 3.29. The van der Waals surface area contributed by atoms with Crippen molar-refractivity contribution in [1.29, 1.82) is 0 Å². The van der Waals surface area contributed by atoms with Crippen LogP contribution >= 0.6 is 27.3 Å². The van der Waals surface area contributed by atoms with E-state index in [1.165, 1.54) is 4.88 Å². The first-order chi connectivity index (χ1) is 10.6. The summed E-state index contributed by atoms with van der Waals surface area (Å²) in [6, 6.07) is 9.92. The Morgan fingerprint density at radius 3 is 2.68 bits per heavy atom. The van der Waals surface area contributed by atoms with Crippen LogP contribution in [0.3, 0.4) is 0 Å². The van der Waals surface area contributed by atoms with Gasteiger partial charge in [-0.2, -0.15) is 0 Å². The Morgan fingerprint density at radius 2 is 2.09 bits per heavy atom. The van der Waals surface area contributed by atoms with Crippen LogP contribution in [-0.2, 0) is 11.2 Å². The van der Waals surface area contributed by atoms with Crippen molar-refractivity contribution in [2.24, 2.45) is 0 Å². The summed E-state index contributed by atoms with van der Waals surface area (Å²) in [6.07, 6.45) is 1.28. The van der Waals surface area contributed by atoms with Gasteiger partial charge in [0.2, 0.25) is 5.91 Å². The van der Waals surface area contributed by atoms with E-state index in [1.54, 1.807) is 11.3 Å². The summed E-state index contributed by atoms with van der Waals surface area (Å²) < 4.78 is 6.50. The van der Waals surface area contributed by atoms with E-state index in [4.69, 9.17) is 4.74 Å². The molecular weight excluding hydrogens is 362 g/mol. The summed E-state index contributed by atoms with van der Waals surface area (Å²) in [5, 5.41) is 5.08. The molecule has 1 amide bonds. The molecule has 2 rings (SSSR count). The number of ether oxygens (including phenoxy) is 1. The molecule has 118 valence electrons. The van der Waals surface area contributed by atoms with Crippen molar-refractivity contribution in [3.8, 4) is 5.75 Å². The molecule has 1 atom stereocenters. The fourth-order valence-electron chi connectivity index (χ4n) is 2.14. The second-order valence-electron chi connectivity index (χ2n) is 5.02. The minimum absolute atomic E-state index is 0.00162. The van der Waals surface area contributed by atoms with Gasteiger partial charge in [-0.05, 0) is 60.0 Å². The minimum atomic E-state index is -0.00162. The molecule has 0 saturated carbocycles. The van der Waals surface area contributed by atoms with E-state index >= 15 is 0 Å². The first-order valence-electron chi connectivity index (χ1n) is 7.33. The lowest BCUT2D eigenvalue weighted by Crippen LogP contribution is -2.26. The molecule has 0 saturated heterocycles. The predicted molar refractivity (Wildman–Crippen MR) is 94.5 cm³/mol. The van der Waals surface area contributed by atoms with Crippen LogP contribution in [0.4, 0.5) is 0 Å². The number of hydrogen-bond donors (Lipinski definition) is 1. The molecule has 2 aromatic rings. The molecule has 0 bridgehead atoms. The molecule has 0 spiro atoms. The summed E-state index contributed by atoms with van der Waals surface area (Å²) >= 11 is 5.10. The molecule has 3 nitrogen and oxygen atoms in total. The number of thiophene rings is 1. The van der Waals surface area contributed by atoms with Gasteiger partial charge in [0.25, 0.3) is 0 Å². The van der Waals surface area contributed by atoms with Crippen molar-refractivity contribution in [1.82, 2.24) is 5.32 Å². The van der Waals surface area contributed by atoms with E-state index in [1.807, 2.05) is 43.5 Å². The Bertz CT molecular complexity index is 609. The number of rotatable bonds is 7. The molecule has 0 aliphatic carbocycles. The highest BCUT2D eigenvalue weighted by Crippen LogP contribution is 2.21. The second-order valence-corrected chi connectivity index (χ2v) is 6.93. The molecule has 1 N–H and O–H groups in total. The fourth-order valence-corrected chi connectivity index (χ4v) is 3.59. The summed E-state index contributed by atoms with van der Waals surface area (Å²) in [5.74, 6) is 0.930. The monoisotopic (exact) mass is 381 g/mol. The molecule has 0 fully saturated rings. The van der Waals surface area contributed by atoms with E-state index in [-0.39, 0.29) is 11.9 Å². The zero-order chi connectivity index (χ0) is 15.9. The van der Waals surface area contributed by atoms with Gasteiger partial charge in [-0.1, -0.05) is 12.1 Å². The quantitative estimate of drug-likeness (QED) is 0.753. The largest absolute Gasteiger partial charge is 0.494 e. The number of carbonyl (C=O) groups excluding carboxylic acids is 1. The smallest absolute Gasteiger partial charge is 0.220 e. The van der Waals surface area contributed by atoms with Crippen LogP contribution in [0.15, 0.2) is 40.2 Å². The SMILES string of the molecule is CCOc1ccc(C(C)NC(=O)CCc2cc(Br)cs2)cc1. The van der Waals surface area contributed by atoms with Crippen LogP contribution in [-0.4, -0.2) is 12.5 Å². The van der Waals surface area contributed by atoms with Crippen molar-refractivity contribution in [3.63, 3.8) is 0 Å². The van der Waals surface area contributed by atoms with Gasteiger partial charge < -0.3 is 10.1 Å². The average molecular weight is 382 g/mol. The van der Waals surface area contributed by atoms with E-state index in [9.17, 15) is 4.79 Å². The van der Waals surface area contributed by atoms with Crippen molar-refractivity contribution in [2.75, 3.05) is 6.61 Å². The van der Waals surface area contributed by atoms with Crippen molar-refractivity contribution in [2.45, 2.75) is 32.7 Å². The molecule has 0 radical (unpaired) electrons. The van der Waals surface area contributed by atoms with Gasteiger partial charge in [-0.3, -0.25) is 4.79 Å². The molecule has 0 aliphatic rings. The van der Waals surface area contributed by atoms with Crippen LogP contribution < -0.4 is 10.1 Å². The molecular formula is C17H20BrNO2S. The lowest BCUT2D eigenvalue weighted by Gasteiger charge is -2.15. The first-order valence-corrected chi connectivity index (χ1v) is 9.00. The molecule has 22 heavy (non-hydrogen) atoms. The van der Waals surface area contributed by atoms with Gasteiger partial charge in [-0.15, -0.1) is 11.3 Å². The maximum atomic E-state index is 12.0. The third kappa shape index (κ3) is 5.14. The molecule has 0 aliphatic heterocycles. The van der Waals surface area contributed by atoms with Gasteiger partial charge in [0.1, 0.15) is 5.75 Å². The molecule has 1 unspecified atom stereocenters. The predicted octanol–water partition coefficient (Wildman–Crippen LogP) is 4.72. The highest BCUT2D eigenvalue weighted by Gasteiger charge is 2.10. The molecule has 1 aromatic heterocycles. The van der Waals surface area contributed by atoms with Crippen LogP contribution in [0.1, 0.15) is 36.8 Å².